The third-order valence-electron chi connectivity index (χ3n) is 12.7. The number of benzene rings is 11. The highest BCUT2D eigenvalue weighted by Gasteiger charge is 2.22. The Kier molecular flexibility index (Phi) is 11.5. The van der Waals surface area contributed by atoms with E-state index in [-0.39, 0.29) is 0 Å². The van der Waals surface area contributed by atoms with E-state index in [1.807, 2.05) is 0 Å². The molecule has 0 fully saturated rings. The molecule has 11 aromatic carbocycles. The summed E-state index contributed by atoms with van der Waals surface area (Å²) in [5, 5.41) is 0. The molecule has 0 spiro atoms. The van der Waals surface area contributed by atoms with Crippen molar-refractivity contribution >= 4 is 17.1 Å². The van der Waals surface area contributed by atoms with Gasteiger partial charge in [0.1, 0.15) is 0 Å². The molecule has 0 N–H and O–H groups in total. The topological polar surface area (TPSA) is 3.24 Å². The van der Waals surface area contributed by atoms with Gasteiger partial charge in [-0.05, 0) is 138 Å². The van der Waals surface area contributed by atoms with Crippen LogP contribution in [-0.4, -0.2) is 0 Å². The van der Waals surface area contributed by atoms with Crippen LogP contribution in [0.1, 0.15) is 0 Å². The normalized spacial score (nSPS) is 11.0. The summed E-state index contributed by atoms with van der Waals surface area (Å²) in [4.78, 5) is 2.45. The van der Waals surface area contributed by atoms with Crippen LogP contribution in [0.15, 0.2) is 285 Å². The monoisotopic (exact) mass is 853 g/mol. The van der Waals surface area contributed by atoms with E-state index in [1.54, 1.807) is 0 Å². The first-order valence-corrected chi connectivity index (χ1v) is 23.0. The molecule has 0 amide bonds. The maximum atomic E-state index is 2.45. The number of nitrogens with zero attached hydrogens (tertiary/aromatic N) is 1. The van der Waals surface area contributed by atoms with E-state index in [2.05, 4.69) is 290 Å². The Balaban J connectivity index is 1.11. The molecule has 0 heterocycles. The van der Waals surface area contributed by atoms with Crippen LogP contribution in [0.3, 0.4) is 0 Å². The first-order valence-electron chi connectivity index (χ1n) is 23.0. The van der Waals surface area contributed by atoms with E-state index >= 15 is 0 Å². The molecule has 0 saturated heterocycles. The Morgan fingerprint density at radius 3 is 0.866 bits per heavy atom. The van der Waals surface area contributed by atoms with E-state index in [9.17, 15) is 0 Å². The summed E-state index contributed by atoms with van der Waals surface area (Å²) < 4.78 is 0. The first kappa shape index (κ1) is 41.0. The Morgan fingerprint density at radius 2 is 0.448 bits per heavy atom. The summed E-state index contributed by atoms with van der Waals surface area (Å²) in [5.41, 5.74) is 22.0. The van der Waals surface area contributed by atoms with E-state index in [4.69, 9.17) is 0 Å². The molecule has 0 unspecified atom stereocenters. The minimum atomic E-state index is 1.06. The average molecular weight is 854 g/mol. The molecule has 0 aromatic heterocycles. The maximum absolute atomic E-state index is 2.45. The third kappa shape index (κ3) is 8.63. The predicted octanol–water partition coefficient (Wildman–Crippen LogP) is 18.5. The lowest BCUT2D eigenvalue weighted by atomic mass is 9.88. The second kappa shape index (κ2) is 18.7. The molecular formula is C66H47N. The van der Waals surface area contributed by atoms with Gasteiger partial charge in [-0.15, -0.1) is 0 Å². The quantitative estimate of drug-likeness (QED) is 0.125. The van der Waals surface area contributed by atoms with Crippen molar-refractivity contribution in [2.75, 3.05) is 4.90 Å². The van der Waals surface area contributed by atoms with Gasteiger partial charge in [0.15, 0.2) is 0 Å². The number of hydrogen-bond donors (Lipinski definition) is 0. The number of rotatable bonds is 11. The van der Waals surface area contributed by atoms with Crippen LogP contribution in [0, 0.1) is 0 Å². The molecule has 0 bridgehead atoms. The van der Waals surface area contributed by atoms with Crippen molar-refractivity contribution in [3.63, 3.8) is 0 Å². The summed E-state index contributed by atoms with van der Waals surface area (Å²) in [6, 6.07) is 103. The van der Waals surface area contributed by atoms with Gasteiger partial charge in [-0.1, -0.05) is 231 Å². The van der Waals surface area contributed by atoms with Crippen LogP contribution in [0.5, 0.6) is 0 Å². The van der Waals surface area contributed by atoms with Crippen LogP contribution in [0.2, 0.25) is 0 Å². The van der Waals surface area contributed by atoms with Crippen molar-refractivity contribution in [1.29, 1.82) is 0 Å². The third-order valence-corrected chi connectivity index (χ3v) is 12.7. The lowest BCUT2D eigenvalue weighted by Gasteiger charge is -2.30. The van der Waals surface area contributed by atoms with Gasteiger partial charge in [-0.2, -0.15) is 0 Å². The zero-order valence-corrected chi connectivity index (χ0v) is 37.1. The van der Waals surface area contributed by atoms with Gasteiger partial charge >= 0.3 is 0 Å². The minimum absolute atomic E-state index is 1.06. The summed E-state index contributed by atoms with van der Waals surface area (Å²) in [6.45, 7) is 0. The number of hydrogen-bond acceptors (Lipinski definition) is 1. The van der Waals surface area contributed by atoms with Crippen molar-refractivity contribution in [2.24, 2.45) is 0 Å². The average Bonchev–Trinajstić information content (AvgIpc) is 3.42. The minimum Gasteiger partial charge on any atom is -0.310 e. The fourth-order valence-corrected chi connectivity index (χ4v) is 9.39. The van der Waals surface area contributed by atoms with Crippen molar-refractivity contribution in [3.05, 3.63) is 285 Å². The van der Waals surface area contributed by atoms with Gasteiger partial charge in [0.2, 0.25) is 0 Å². The van der Waals surface area contributed by atoms with Gasteiger partial charge < -0.3 is 4.90 Å². The fourth-order valence-electron chi connectivity index (χ4n) is 9.39. The summed E-state index contributed by atoms with van der Waals surface area (Å²) in [6.07, 6.45) is 0. The highest BCUT2D eigenvalue weighted by molar-refractivity contribution is 5.98. The van der Waals surface area contributed by atoms with E-state index in [0.29, 0.717) is 0 Å². The molecule has 11 rings (SSSR count). The van der Waals surface area contributed by atoms with Crippen molar-refractivity contribution in [3.8, 4) is 89.0 Å². The van der Waals surface area contributed by atoms with Crippen molar-refractivity contribution in [2.45, 2.75) is 0 Å². The van der Waals surface area contributed by atoms with Crippen molar-refractivity contribution < 1.29 is 0 Å². The Labute approximate surface area is 394 Å². The molecule has 0 aliphatic carbocycles. The molecule has 1 heteroatoms. The predicted molar refractivity (Wildman–Crippen MR) is 285 cm³/mol. The van der Waals surface area contributed by atoms with E-state index in [0.717, 1.165) is 44.9 Å². The molecule has 0 aliphatic heterocycles. The summed E-state index contributed by atoms with van der Waals surface area (Å²) in [5.74, 6) is 0. The molecular weight excluding hydrogens is 807 g/mol. The standard InChI is InChI=1S/C66H47N/c1-6-22-48(23-7-1)54-42-55(49-24-8-2-9-25-49)44-56(43-54)52-38-40-59(41-39-52)67(60-46-57(50-26-10-3-11-27-50)45-58(47-60)51-28-12-4-13-29-51)66-37-21-20-36-65(66)64-35-19-18-34-63(64)62-33-17-16-32-61(62)53-30-14-5-15-31-53/h1-47H. The SMILES string of the molecule is c1ccc(-c2cc(-c3ccccc3)cc(-c3ccc(N(c4cc(-c5ccccc5)cc(-c5ccccc5)c4)c4ccccc4-c4ccccc4-c4ccccc4-c4ccccc4)cc3)c2)cc1. The maximum Gasteiger partial charge on any atom is 0.0540 e. The second-order valence-corrected chi connectivity index (χ2v) is 16.9. The van der Waals surface area contributed by atoms with Gasteiger partial charge in [-0.3, -0.25) is 0 Å². The largest absolute Gasteiger partial charge is 0.310 e. The Bertz CT molecular complexity index is 3300. The van der Waals surface area contributed by atoms with Crippen LogP contribution in [-0.2, 0) is 0 Å². The lowest BCUT2D eigenvalue weighted by Crippen LogP contribution is -2.12. The Morgan fingerprint density at radius 1 is 0.164 bits per heavy atom. The highest BCUT2D eigenvalue weighted by atomic mass is 15.1. The van der Waals surface area contributed by atoms with Gasteiger partial charge in [-0.25, -0.2) is 0 Å². The molecule has 0 saturated carbocycles. The number of para-hydroxylation sites is 1. The number of anilines is 3. The zero-order chi connectivity index (χ0) is 44.8. The van der Waals surface area contributed by atoms with Crippen LogP contribution < -0.4 is 4.90 Å². The van der Waals surface area contributed by atoms with Crippen LogP contribution in [0.4, 0.5) is 17.1 Å². The van der Waals surface area contributed by atoms with E-state index < -0.39 is 0 Å². The smallest absolute Gasteiger partial charge is 0.0540 e. The molecule has 0 aliphatic rings. The summed E-state index contributed by atoms with van der Waals surface area (Å²) in [7, 11) is 0. The van der Waals surface area contributed by atoms with Crippen molar-refractivity contribution in [1.82, 2.24) is 0 Å². The van der Waals surface area contributed by atoms with Gasteiger partial charge in [0.25, 0.3) is 0 Å². The zero-order valence-electron chi connectivity index (χ0n) is 37.1. The first-order chi connectivity index (χ1) is 33.2. The molecule has 1 nitrogen and oxygen atoms in total. The van der Waals surface area contributed by atoms with Crippen LogP contribution in [0.25, 0.3) is 89.0 Å². The molecule has 0 atom stereocenters. The van der Waals surface area contributed by atoms with Gasteiger partial charge in [0.05, 0.1) is 5.69 Å². The molecule has 67 heavy (non-hydrogen) atoms. The van der Waals surface area contributed by atoms with Crippen LogP contribution >= 0.6 is 0 Å². The molecule has 316 valence electrons. The highest BCUT2D eigenvalue weighted by Crippen LogP contribution is 2.47. The lowest BCUT2D eigenvalue weighted by molar-refractivity contribution is 1.28. The summed E-state index contributed by atoms with van der Waals surface area (Å²) >= 11 is 0. The Hall–Kier alpha value is -8.78. The van der Waals surface area contributed by atoms with E-state index in [1.165, 1.54) is 61.2 Å². The molecule has 11 aromatic rings. The van der Waals surface area contributed by atoms with Gasteiger partial charge in [0, 0.05) is 16.9 Å². The fraction of sp³-hybridized carbons (Fsp3) is 0. The second-order valence-electron chi connectivity index (χ2n) is 16.9. The molecule has 0 radical (unpaired) electrons.